The molecule has 1 aromatic rings. The Balaban J connectivity index is 2.38. The lowest BCUT2D eigenvalue weighted by Gasteiger charge is -2.28. The zero-order valence-corrected chi connectivity index (χ0v) is 12.4. The molecular formula is C14H26N2S. The smallest absolute Gasteiger partial charge is 0.0331 e. The molecule has 2 atom stereocenters. The molecule has 0 bridgehead atoms. The fourth-order valence-corrected chi connectivity index (χ4v) is 2.56. The van der Waals surface area contributed by atoms with Gasteiger partial charge < -0.3 is 5.32 Å². The minimum atomic E-state index is 0.594. The van der Waals surface area contributed by atoms with Crippen LogP contribution < -0.4 is 5.32 Å². The zero-order chi connectivity index (χ0) is 12.7. The van der Waals surface area contributed by atoms with Crippen LogP contribution in [0.1, 0.15) is 39.0 Å². The number of nitrogens with one attached hydrogen (secondary N) is 1. The van der Waals surface area contributed by atoms with E-state index in [9.17, 15) is 0 Å². The highest BCUT2D eigenvalue weighted by molar-refractivity contribution is 7.09. The van der Waals surface area contributed by atoms with Gasteiger partial charge in [-0.1, -0.05) is 19.9 Å². The molecule has 2 nitrogen and oxygen atoms in total. The van der Waals surface area contributed by atoms with E-state index in [2.05, 4.69) is 55.4 Å². The first-order chi connectivity index (χ1) is 8.17. The largest absolute Gasteiger partial charge is 0.313 e. The standard InChI is InChI=1S/C14H26N2S/c1-5-12(3)15-10-13(4)16(6-2)11-14-8-7-9-17-14/h7-9,12-13,15H,5-6,10-11H2,1-4H3. The van der Waals surface area contributed by atoms with Gasteiger partial charge in [-0.15, -0.1) is 11.3 Å². The van der Waals surface area contributed by atoms with Gasteiger partial charge in [0, 0.05) is 30.1 Å². The molecule has 0 aliphatic rings. The first kappa shape index (κ1) is 14.7. The number of likely N-dealkylation sites (N-methyl/N-ethyl adjacent to an activating group) is 1. The predicted octanol–water partition coefficient (Wildman–Crippen LogP) is 3.35. The summed E-state index contributed by atoms with van der Waals surface area (Å²) < 4.78 is 0. The van der Waals surface area contributed by atoms with E-state index >= 15 is 0 Å². The lowest BCUT2D eigenvalue weighted by molar-refractivity contribution is 0.204. The second-order valence-electron chi connectivity index (χ2n) is 4.71. The molecule has 0 saturated carbocycles. The average molecular weight is 254 g/mol. The molecule has 0 radical (unpaired) electrons. The Morgan fingerprint density at radius 2 is 2.12 bits per heavy atom. The Labute approximate surface area is 110 Å². The molecule has 0 saturated heterocycles. The van der Waals surface area contributed by atoms with E-state index in [0.717, 1.165) is 19.6 Å². The van der Waals surface area contributed by atoms with Crippen LogP contribution in [-0.2, 0) is 6.54 Å². The van der Waals surface area contributed by atoms with Gasteiger partial charge in [-0.25, -0.2) is 0 Å². The van der Waals surface area contributed by atoms with Crippen LogP contribution in [0, 0.1) is 0 Å². The van der Waals surface area contributed by atoms with Crippen LogP contribution in [-0.4, -0.2) is 30.1 Å². The first-order valence-electron chi connectivity index (χ1n) is 6.67. The first-order valence-corrected chi connectivity index (χ1v) is 7.55. The second-order valence-corrected chi connectivity index (χ2v) is 5.74. The summed E-state index contributed by atoms with van der Waals surface area (Å²) >= 11 is 1.85. The molecule has 0 fully saturated rings. The van der Waals surface area contributed by atoms with Gasteiger partial charge in [-0.2, -0.15) is 0 Å². The molecule has 0 spiro atoms. The van der Waals surface area contributed by atoms with E-state index in [0.29, 0.717) is 12.1 Å². The fourth-order valence-electron chi connectivity index (χ4n) is 1.83. The van der Waals surface area contributed by atoms with E-state index in [4.69, 9.17) is 0 Å². The lowest BCUT2D eigenvalue weighted by Crippen LogP contribution is -2.42. The van der Waals surface area contributed by atoms with Crippen LogP contribution in [0.4, 0.5) is 0 Å². The Bertz CT molecular complexity index is 284. The third-order valence-electron chi connectivity index (χ3n) is 3.34. The van der Waals surface area contributed by atoms with Crippen molar-refractivity contribution in [2.24, 2.45) is 0 Å². The van der Waals surface area contributed by atoms with Crippen molar-refractivity contribution in [3.63, 3.8) is 0 Å². The van der Waals surface area contributed by atoms with Crippen LogP contribution in [0.2, 0.25) is 0 Å². The molecule has 1 aromatic heterocycles. The van der Waals surface area contributed by atoms with Crippen molar-refractivity contribution in [3.8, 4) is 0 Å². The number of rotatable bonds is 8. The monoisotopic (exact) mass is 254 g/mol. The summed E-state index contributed by atoms with van der Waals surface area (Å²) in [6, 6.07) is 5.58. The molecule has 0 amide bonds. The Morgan fingerprint density at radius 1 is 1.35 bits per heavy atom. The van der Waals surface area contributed by atoms with Crippen molar-refractivity contribution >= 4 is 11.3 Å². The van der Waals surface area contributed by atoms with Gasteiger partial charge in [-0.05, 0) is 38.3 Å². The van der Waals surface area contributed by atoms with Gasteiger partial charge in [0.15, 0.2) is 0 Å². The van der Waals surface area contributed by atoms with Gasteiger partial charge in [0.1, 0.15) is 0 Å². The number of nitrogens with zero attached hydrogens (tertiary/aromatic N) is 1. The van der Waals surface area contributed by atoms with Crippen LogP contribution in [0.15, 0.2) is 17.5 Å². The Kier molecular flexibility index (Phi) is 6.78. The quantitative estimate of drug-likeness (QED) is 0.765. The number of hydrogen-bond donors (Lipinski definition) is 1. The van der Waals surface area contributed by atoms with Crippen molar-refractivity contribution < 1.29 is 0 Å². The highest BCUT2D eigenvalue weighted by Crippen LogP contribution is 2.13. The van der Waals surface area contributed by atoms with Crippen molar-refractivity contribution in [2.45, 2.75) is 52.7 Å². The summed E-state index contributed by atoms with van der Waals surface area (Å²) in [7, 11) is 0. The molecule has 1 heterocycles. The molecule has 3 heteroatoms. The zero-order valence-electron chi connectivity index (χ0n) is 11.6. The molecule has 2 unspecified atom stereocenters. The molecule has 1 N–H and O–H groups in total. The van der Waals surface area contributed by atoms with Gasteiger partial charge >= 0.3 is 0 Å². The van der Waals surface area contributed by atoms with Crippen molar-refractivity contribution in [1.29, 1.82) is 0 Å². The van der Waals surface area contributed by atoms with Gasteiger partial charge in [0.2, 0.25) is 0 Å². The number of thiophene rings is 1. The van der Waals surface area contributed by atoms with E-state index in [1.165, 1.54) is 11.3 Å². The van der Waals surface area contributed by atoms with Gasteiger partial charge in [0.05, 0.1) is 0 Å². The predicted molar refractivity (Wildman–Crippen MR) is 77.6 cm³/mol. The minimum absolute atomic E-state index is 0.594. The van der Waals surface area contributed by atoms with Gasteiger partial charge in [-0.3, -0.25) is 4.90 Å². The van der Waals surface area contributed by atoms with Crippen molar-refractivity contribution in [3.05, 3.63) is 22.4 Å². The molecule has 98 valence electrons. The normalized spacial score (nSPS) is 15.1. The fraction of sp³-hybridized carbons (Fsp3) is 0.714. The SMILES string of the molecule is CCC(C)NCC(C)N(CC)Cc1cccs1. The second kappa shape index (κ2) is 7.85. The average Bonchev–Trinajstić information content (AvgIpc) is 2.85. The third-order valence-corrected chi connectivity index (χ3v) is 4.20. The summed E-state index contributed by atoms with van der Waals surface area (Å²) in [4.78, 5) is 3.99. The van der Waals surface area contributed by atoms with Gasteiger partial charge in [0.25, 0.3) is 0 Å². The number of hydrogen-bond acceptors (Lipinski definition) is 3. The highest BCUT2D eigenvalue weighted by Gasteiger charge is 2.13. The topological polar surface area (TPSA) is 15.3 Å². The molecule has 1 rings (SSSR count). The molecule has 17 heavy (non-hydrogen) atoms. The van der Waals surface area contributed by atoms with Crippen LogP contribution in [0.5, 0.6) is 0 Å². The highest BCUT2D eigenvalue weighted by atomic mass is 32.1. The van der Waals surface area contributed by atoms with Crippen LogP contribution in [0.3, 0.4) is 0 Å². The van der Waals surface area contributed by atoms with Crippen molar-refractivity contribution in [1.82, 2.24) is 10.2 Å². The molecular weight excluding hydrogens is 228 g/mol. The van der Waals surface area contributed by atoms with Crippen LogP contribution in [0.25, 0.3) is 0 Å². The third kappa shape index (κ3) is 5.19. The maximum atomic E-state index is 3.59. The van der Waals surface area contributed by atoms with E-state index < -0.39 is 0 Å². The molecule has 0 aliphatic heterocycles. The lowest BCUT2D eigenvalue weighted by atomic mass is 10.2. The summed E-state index contributed by atoms with van der Waals surface area (Å²) in [5.41, 5.74) is 0. The summed E-state index contributed by atoms with van der Waals surface area (Å²) in [6.45, 7) is 12.3. The van der Waals surface area contributed by atoms with Crippen LogP contribution >= 0.6 is 11.3 Å². The van der Waals surface area contributed by atoms with E-state index in [-0.39, 0.29) is 0 Å². The summed E-state index contributed by atoms with van der Waals surface area (Å²) in [5, 5.41) is 5.75. The van der Waals surface area contributed by atoms with Crippen molar-refractivity contribution in [2.75, 3.05) is 13.1 Å². The Morgan fingerprint density at radius 3 is 2.65 bits per heavy atom. The maximum Gasteiger partial charge on any atom is 0.0331 e. The molecule has 0 aliphatic carbocycles. The minimum Gasteiger partial charge on any atom is -0.313 e. The summed E-state index contributed by atoms with van der Waals surface area (Å²) in [5.74, 6) is 0. The molecule has 0 aromatic carbocycles. The summed E-state index contributed by atoms with van der Waals surface area (Å²) in [6.07, 6.45) is 1.20. The van der Waals surface area contributed by atoms with E-state index in [1.807, 2.05) is 11.3 Å². The van der Waals surface area contributed by atoms with E-state index in [1.54, 1.807) is 0 Å². The maximum absolute atomic E-state index is 3.59. The Hall–Kier alpha value is -0.380.